The van der Waals surface area contributed by atoms with Crippen molar-refractivity contribution in [3.63, 3.8) is 0 Å². The Bertz CT molecular complexity index is 605. The van der Waals surface area contributed by atoms with Crippen molar-refractivity contribution in [1.29, 1.82) is 0 Å². The summed E-state index contributed by atoms with van der Waals surface area (Å²) < 4.78 is 4.58. The van der Waals surface area contributed by atoms with Crippen LogP contribution in [-0.4, -0.2) is 51.1 Å². The minimum atomic E-state index is -0.499. The summed E-state index contributed by atoms with van der Waals surface area (Å²) in [5.74, 6) is 0.254. The van der Waals surface area contributed by atoms with Crippen LogP contribution in [0.2, 0.25) is 0 Å². The zero-order valence-electron chi connectivity index (χ0n) is 11.1. The highest BCUT2D eigenvalue weighted by atomic mass is 16.5. The van der Waals surface area contributed by atoms with Gasteiger partial charge in [-0.2, -0.15) is 9.90 Å². The molecular weight excluding hydrogens is 260 g/mol. The normalized spacial score (nSPS) is 13.9. The summed E-state index contributed by atoms with van der Waals surface area (Å²) in [7, 11) is 1.31. The quantitative estimate of drug-likeness (QED) is 0.731. The van der Waals surface area contributed by atoms with Crippen molar-refractivity contribution in [3.8, 4) is 0 Å². The molecule has 8 nitrogen and oxygen atoms in total. The molecule has 0 amide bonds. The lowest BCUT2D eigenvalue weighted by atomic mass is 10.2. The lowest BCUT2D eigenvalue weighted by molar-refractivity contribution is 0.0593. The Morgan fingerprint density at radius 2 is 2.05 bits per heavy atom. The van der Waals surface area contributed by atoms with Gasteiger partial charge in [0.25, 0.3) is 0 Å². The number of anilines is 1. The van der Waals surface area contributed by atoms with Gasteiger partial charge in [-0.15, -0.1) is 5.10 Å². The summed E-state index contributed by atoms with van der Waals surface area (Å²) in [6.07, 6.45) is 6.07. The Labute approximate surface area is 115 Å². The van der Waals surface area contributed by atoms with E-state index < -0.39 is 5.97 Å². The number of rotatable bonds is 4. The van der Waals surface area contributed by atoms with Gasteiger partial charge in [-0.3, -0.25) is 0 Å². The molecule has 1 aliphatic heterocycles. The van der Waals surface area contributed by atoms with E-state index in [2.05, 4.69) is 29.8 Å². The molecule has 1 saturated heterocycles. The first-order chi connectivity index (χ1) is 9.76. The second-order valence-corrected chi connectivity index (χ2v) is 4.48. The van der Waals surface area contributed by atoms with Gasteiger partial charge in [0.15, 0.2) is 5.69 Å². The van der Waals surface area contributed by atoms with Gasteiger partial charge in [-0.25, -0.2) is 14.8 Å². The second-order valence-electron chi connectivity index (χ2n) is 4.48. The van der Waals surface area contributed by atoms with Gasteiger partial charge in [0.2, 0.25) is 5.95 Å². The standard InChI is InChI=1S/C12H14N6O2/c1-20-11(19)10-7-15-18(16-10)8-9-5-13-12(14-6-9)17-3-2-4-17/h5-7H,2-4,8H2,1H3. The van der Waals surface area contributed by atoms with Gasteiger partial charge >= 0.3 is 5.97 Å². The van der Waals surface area contributed by atoms with Crippen molar-refractivity contribution >= 4 is 11.9 Å². The predicted octanol–water partition coefficient (Wildman–Crippen LogP) is 0.113. The highest BCUT2D eigenvalue weighted by Gasteiger charge is 2.16. The van der Waals surface area contributed by atoms with E-state index in [1.54, 1.807) is 12.4 Å². The van der Waals surface area contributed by atoms with Crippen LogP contribution in [0.15, 0.2) is 18.6 Å². The molecule has 1 aliphatic rings. The van der Waals surface area contributed by atoms with E-state index in [1.165, 1.54) is 24.5 Å². The first kappa shape index (κ1) is 12.5. The summed E-state index contributed by atoms with van der Waals surface area (Å²) in [6.45, 7) is 2.45. The third-order valence-electron chi connectivity index (χ3n) is 3.09. The Hall–Kier alpha value is -2.51. The average molecular weight is 274 g/mol. The van der Waals surface area contributed by atoms with Crippen LogP contribution < -0.4 is 4.90 Å². The average Bonchev–Trinajstić information content (AvgIpc) is 2.86. The molecule has 104 valence electrons. The molecule has 0 spiro atoms. The molecule has 3 heterocycles. The fourth-order valence-electron chi connectivity index (χ4n) is 1.84. The van der Waals surface area contributed by atoms with Gasteiger partial charge in [-0.1, -0.05) is 0 Å². The summed E-state index contributed by atoms with van der Waals surface area (Å²) in [4.78, 5) is 23.4. The lowest BCUT2D eigenvalue weighted by Gasteiger charge is -2.30. The van der Waals surface area contributed by atoms with E-state index in [9.17, 15) is 4.79 Å². The number of carbonyl (C=O) groups excluding carboxylic acids is 1. The molecule has 0 N–H and O–H groups in total. The fourth-order valence-corrected chi connectivity index (χ4v) is 1.84. The molecular formula is C12H14N6O2. The largest absolute Gasteiger partial charge is 0.464 e. The van der Waals surface area contributed by atoms with Gasteiger partial charge < -0.3 is 9.64 Å². The molecule has 0 aliphatic carbocycles. The third kappa shape index (κ3) is 2.44. The SMILES string of the molecule is COC(=O)c1cnn(Cc2cnc(N3CCC3)nc2)n1. The fraction of sp³-hybridized carbons (Fsp3) is 0.417. The molecule has 0 unspecified atom stereocenters. The van der Waals surface area contributed by atoms with Crippen LogP contribution in [0.3, 0.4) is 0 Å². The molecule has 8 heteroatoms. The number of aromatic nitrogens is 5. The maximum absolute atomic E-state index is 11.3. The summed E-state index contributed by atoms with van der Waals surface area (Å²) in [5.41, 5.74) is 1.06. The predicted molar refractivity (Wildman–Crippen MR) is 69.3 cm³/mol. The molecule has 0 atom stereocenters. The Balaban J connectivity index is 1.67. The molecule has 0 aromatic carbocycles. The van der Waals surface area contributed by atoms with Crippen LogP contribution in [0, 0.1) is 0 Å². The van der Waals surface area contributed by atoms with Crippen molar-refractivity contribution in [1.82, 2.24) is 25.0 Å². The Morgan fingerprint density at radius 1 is 1.30 bits per heavy atom. The monoisotopic (exact) mass is 274 g/mol. The number of esters is 1. The number of hydrogen-bond donors (Lipinski definition) is 0. The van der Waals surface area contributed by atoms with Gasteiger partial charge in [-0.05, 0) is 6.42 Å². The van der Waals surface area contributed by atoms with Gasteiger partial charge in [0, 0.05) is 31.0 Å². The molecule has 1 fully saturated rings. The topological polar surface area (TPSA) is 86.0 Å². The van der Waals surface area contributed by atoms with Crippen molar-refractivity contribution < 1.29 is 9.53 Å². The van der Waals surface area contributed by atoms with Gasteiger partial charge in [0.05, 0.1) is 19.9 Å². The maximum Gasteiger partial charge on any atom is 0.360 e. The van der Waals surface area contributed by atoms with Crippen molar-refractivity contribution in [2.24, 2.45) is 0 Å². The minimum Gasteiger partial charge on any atom is -0.464 e. The molecule has 2 aromatic rings. The van der Waals surface area contributed by atoms with E-state index in [0.29, 0.717) is 6.54 Å². The summed E-state index contributed by atoms with van der Waals surface area (Å²) >= 11 is 0. The van der Waals surface area contributed by atoms with Crippen LogP contribution in [0.4, 0.5) is 5.95 Å². The highest BCUT2D eigenvalue weighted by Crippen LogP contribution is 2.14. The number of hydrogen-bond acceptors (Lipinski definition) is 7. The molecule has 3 rings (SSSR count). The Kier molecular flexibility index (Phi) is 3.28. The molecule has 20 heavy (non-hydrogen) atoms. The number of methoxy groups -OCH3 is 1. The van der Waals surface area contributed by atoms with Crippen molar-refractivity contribution in [2.45, 2.75) is 13.0 Å². The first-order valence-corrected chi connectivity index (χ1v) is 6.30. The second kappa shape index (κ2) is 5.24. The van der Waals surface area contributed by atoms with Crippen LogP contribution in [-0.2, 0) is 11.3 Å². The van der Waals surface area contributed by atoms with E-state index >= 15 is 0 Å². The smallest absolute Gasteiger partial charge is 0.360 e. The lowest BCUT2D eigenvalue weighted by Crippen LogP contribution is -2.38. The van der Waals surface area contributed by atoms with E-state index in [4.69, 9.17) is 0 Å². The van der Waals surface area contributed by atoms with Crippen LogP contribution in [0.5, 0.6) is 0 Å². The van der Waals surface area contributed by atoms with E-state index in [-0.39, 0.29) is 5.69 Å². The molecule has 2 aromatic heterocycles. The third-order valence-corrected chi connectivity index (χ3v) is 3.09. The summed E-state index contributed by atoms with van der Waals surface area (Å²) in [5, 5.41) is 8.03. The van der Waals surface area contributed by atoms with E-state index in [0.717, 1.165) is 24.6 Å². The van der Waals surface area contributed by atoms with Crippen LogP contribution in [0.1, 0.15) is 22.5 Å². The molecule has 0 saturated carbocycles. The Morgan fingerprint density at radius 3 is 2.65 bits per heavy atom. The minimum absolute atomic E-state index is 0.186. The van der Waals surface area contributed by atoms with Crippen LogP contribution >= 0.6 is 0 Å². The zero-order valence-corrected chi connectivity index (χ0v) is 11.1. The van der Waals surface area contributed by atoms with Crippen LogP contribution in [0.25, 0.3) is 0 Å². The zero-order chi connectivity index (χ0) is 13.9. The molecule has 0 bridgehead atoms. The van der Waals surface area contributed by atoms with Crippen molar-refractivity contribution in [2.75, 3.05) is 25.1 Å². The first-order valence-electron chi connectivity index (χ1n) is 6.30. The highest BCUT2D eigenvalue weighted by molar-refractivity contribution is 5.86. The summed E-state index contributed by atoms with van der Waals surface area (Å²) in [6, 6.07) is 0. The number of ether oxygens (including phenoxy) is 1. The number of carbonyl (C=O) groups is 1. The van der Waals surface area contributed by atoms with Gasteiger partial charge in [0.1, 0.15) is 0 Å². The number of nitrogens with zero attached hydrogens (tertiary/aromatic N) is 6. The van der Waals surface area contributed by atoms with E-state index in [1.807, 2.05) is 0 Å². The molecule has 0 radical (unpaired) electrons. The van der Waals surface area contributed by atoms with Crippen molar-refractivity contribution in [3.05, 3.63) is 29.8 Å². The maximum atomic E-state index is 11.3.